The maximum Gasteiger partial charge on any atom is 0.0728 e. The number of rotatable bonds is 9. The van der Waals surface area contributed by atoms with Crippen LogP contribution in [0.5, 0.6) is 0 Å². The summed E-state index contributed by atoms with van der Waals surface area (Å²) in [5.74, 6) is 0. The van der Waals surface area contributed by atoms with E-state index in [-0.39, 0.29) is 0 Å². The zero-order valence-electron chi connectivity index (χ0n) is 13.8. The largest absolute Gasteiger partial charge is 0.380 e. The molecule has 2 atom stereocenters. The number of aromatic nitrogens is 2. The maximum absolute atomic E-state index is 4.45. The Morgan fingerprint density at radius 1 is 1.48 bits per heavy atom. The topological polar surface area (TPSA) is 45.1 Å². The van der Waals surface area contributed by atoms with Gasteiger partial charge in [-0.2, -0.15) is 5.10 Å². The molecule has 0 bridgehead atoms. The SMILES string of the molecule is CCN(CC)CCn1cc(NC(C)CC2CCCN2)cn1. The van der Waals surface area contributed by atoms with Gasteiger partial charge >= 0.3 is 0 Å². The van der Waals surface area contributed by atoms with Gasteiger partial charge in [-0.15, -0.1) is 0 Å². The van der Waals surface area contributed by atoms with Crippen molar-refractivity contribution in [1.82, 2.24) is 20.0 Å². The summed E-state index contributed by atoms with van der Waals surface area (Å²) in [6.07, 6.45) is 7.89. The third-order valence-corrected chi connectivity index (χ3v) is 4.39. The first-order valence-electron chi connectivity index (χ1n) is 8.46. The molecule has 5 nitrogen and oxygen atoms in total. The predicted molar refractivity (Wildman–Crippen MR) is 88.7 cm³/mol. The van der Waals surface area contributed by atoms with Gasteiger partial charge in [0.1, 0.15) is 0 Å². The highest BCUT2D eigenvalue weighted by Crippen LogP contribution is 2.14. The van der Waals surface area contributed by atoms with Crippen LogP contribution in [-0.4, -0.2) is 52.9 Å². The molecule has 0 radical (unpaired) electrons. The molecule has 2 unspecified atom stereocenters. The van der Waals surface area contributed by atoms with Gasteiger partial charge in [0.15, 0.2) is 0 Å². The minimum atomic E-state index is 0.487. The minimum absolute atomic E-state index is 0.487. The first kappa shape index (κ1) is 16.3. The van der Waals surface area contributed by atoms with Gasteiger partial charge in [-0.25, -0.2) is 0 Å². The van der Waals surface area contributed by atoms with Crippen LogP contribution in [0.2, 0.25) is 0 Å². The monoisotopic (exact) mass is 293 g/mol. The van der Waals surface area contributed by atoms with Crippen LogP contribution in [-0.2, 0) is 6.54 Å². The molecule has 2 N–H and O–H groups in total. The molecule has 21 heavy (non-hydrogen) atoms. The van der Waals surface area contributed by atoms with Crippen LogP contribution in [0.3, 0.4) is 0 Å². The molecule has 0 aromatic carbocycles. The molecule has 0 aliphatic carbocycles. The van der Waals surface area contributed by atoms with Crippen LogP contribution in [0.15, 0.2) is 12.4 Å². The number of hydrogen-bond donors (Lipinski definition) is 2. The van der Waals surface area contributed by atoms with Crippen molar-refractivity contribution < 1.29 is 0 Å². The molecule has 1 aliphatic rings. The summed E-state index contributed by atoms with van der Waals surface area (Å²) in [6.45, 7) is 12.1. The lowest BCUT2D eigenvalue weighted by Crippen LogP contribution is -2.29. The molecular formula is C16H31N5. The van der Waals surface area contributed by atoms with E-state index in [1.54, 1.807) is 0 Å². The van der Waals surface area contributed by atoms with Gasteiger partial charge in [-0.1, -0.05) is 13.8 Å². The fourth-order valence-corrected chi connectivity index (χ4v) is 3.07. The second-order valence-electron chi connectivity index (χ2n) is 6.09. The molecule has 120 valence electrons. The van der Waals surface area contributed by atoms with E-state index in [1.807, 2.05) is 10.9 Å². The van der Waals surface area contributed by atoms with Crippen LogP contribution in [0.4, 0.5) is 5.69 Å². The molecular weight excluding hydrogens is 262 g/mol. The van der Waals surface area contributed by atoms with E-state index in [1.165, 1.54) is 25.8 Å². The van der Waals surface area contributed by atoms with E-state index in [2.05, 4.69) is 47.6 Å². The molecule has 5 heteroatoms. The Balaban J connectivity index is 1.74. The lowest BCUT2D eigenvalue weighted by atomic mass is 10.1. The van der Waals surface area contributed by atoms with Crippen LogP contribution >= 0.6 is 0 Å². The van der Waals surface area contributed by atoms with Crippen LogP contribution in [0, 0.1) is 0 Å². The Labute approximate surface area is 129 Å². The molecule has 1 aromatic rings. The summed E-state index contributed by atoms with van der Waals surface area (Å²) >= 11 is 0. The molecule has 0 saturated carbocycles. The minimum Gasteiger partial charge on any atom is -0.380 e. The number of nitrogens with zero attached hydrogens (tertiary/aromatic N) is 3. The highest BCUT2D eigenvalue weighted by Gasteiger charge is 2.17. The summed E-state index contributed by atoms with van der Waals surface area (Å²) in [5.41, 5.74) is 1.14. The zero-order chi connectivity index (χ0) is 15.1. The van der Waals surface area contributed by atoms with E-state index in [4.69, 9.17) is 0 Å². The summed E-state index contributed by atoms with van der Waals surface area (Å²) in [4.78, 5) is 2.42. The first-order valence-corrected chi connectivity index (χ1v) is 8.46. The van der Waals surface area contributed by atoms with Crippen LogP contribution < -0.4 is 10.6 Å². The van der Waals surface area contributed by atoms with E-state index < -0.39 is 0 Å². The van der Waals surface area contributed by atoms with Gasteiger partial charge < -0.3 is 15.5 Å². The Bertz CT molecular complexity index is 393. The lowest BCUT2D eigenvalue weighted by molar-refractivity contribution is 0.285. The number of nitrogens with one attached hydrogen (secondary N) is 2. The van der Waals surface area contributed by atoms with Gasteiger partial charge in [0.2, 0.25) is 0 Å². The van der Waals surface area contributed by atoms with Crippen LogP contribution in [0.1, 0.15) is 40.0 Å². The lowest BCUT2D eigenvalue weighted by Gasteiger charge is -2.18. The van der Waals surface area contributed by atoms with Crippen molar-refractivity contribution in [2.75, 3.05) is 31.5 Å². The fourth-order valence-electron chi connectivity index (χ4n) is 3.07. The molecule has 2 rings (SSSR count). The summed E-state index contributed by atoms with van der Waals surface area (Å²) < 4.78 is 2.04. The van der Waals surface area contributed by atoms with Crippen molar-refractivity contribution in [2.45, 2.75) is 58.7 Å². The van der Waals surface area contributed by atoms with Gasteiger partial charge in [0.25, 0.3) is 0 Å². The highest BCUT2D eigenvalue weighted by molar-refractivity contribution is 5.39. The third kappa shape index (κ3) is 5.32. The number of anilines is 1. The second-order valence-corrected chi connectivity index (χ2v) is 6.09. The van der Waals surface area contributed by atoms with E-state index in [0.717, 1.165) is 31.9 Å². The van der Waals surface area contributed by atoms with Crippen LogP contribution in [0.25, 0.3) is 0 Å². The van der Waals surface area contributed by atoms with Crippen molar-refractivity contribution in [1.29, 1.82) is 0 Å². The molecule has 1 aliphatic heterocycles. The molecule has 0 spiro atoms. The summed E-state index contributed by atoms with van der Waals surface area (Å²) in [7, 11) is 0. The normalized spacial score (nSPS) is 20.1. The zero-order valence-corrected chi connectivity index (χ0v) is 13.8. The number of likely N-dealkylation sites (N-methyl/N-ethyl adjacent to an activating group) is 1. The first-order chi connectivity index (χ1) is 10.2. The van der Waals surface area contributed by atoms with Gasteiger partial charge in [-0.05, 0) is 45.8 Å². The standard InChI is InChI=1S/C16H31N5/c1-4-20(5-2)9-10-21-13-16(12-18-21)19-14(3)11-15-7-6-8-17-15/h12-15,17,19H,4-11H2,1-3H3. The van der Waals surface area contributed by atoms with Crippen molar-refractivity contribution in [3.63, 3.8) is 0 Å². The Morgan fingerprint density at radius 2 is 2.29 bits per heavy atom. The highest BCUT2D eigenvalue weighted by atomic mass is 15.3. The van der Waals surface area contributed by atoms with E-state index in [9.17, 15) is 0 Å². The van der Waals surface area contributed by atoms with E-state index in [0.29, 0.717) is 12.1 Å². The molecule has 2 heterocycles. The van der Waals surface area contributed by atoms with Crippen molar-refractivity contribution in [3.8, 4) is 0 Å². The Morgan fingerprint density at radius 3 is 2.95 bits per heavy atom. The quantitative estimate of drug-likeness (QED) is 0.732. The Kier molecular flexibility index (Phi) is 6.51. The third-order valence-electron chi connectivity index (χ3n) is 4.39. The average Bonchev–Trinajstić information content (AvgIpc) is 3.12. The van der Waals surface area contributed by atoms with Crippen molar-refractivity contribution in [3.05, 3.63) is 12.4 Å². The van der Waals surface area contributed by atoms with Gasteiger partial charge in [-0.3, -0.25) is 4.68 Å². The van der Waals surface area contributed by atoms with Crippen molar-refractivity contribution in [2.24, 2.45) is 0 Å². The van der Waals surface area contributed by atoms with Crippen molar-refractivity contribution >= 4 is 5.69 Å². The summed E-state index contributed by atoms with van der Waals surface area (Å²) in [6, 6.07) is 1.17. The maximum atomic E-state index is 4.45. The van der Waals surface area contributed by atoms with E-state index >= 15 is 0 Å². The molecule has 1 saturated heterocycles. The number of hydrogen-bond acceptors (Lipinski definition) is 4. The molecule has 0 amide bonds. The van der Waals surface area contributed by atoms with Gasteiger partial charge in [0.05, 0.1) is 18.4 Å². The Hall–Kier alpha value is -1.07. The predicted octanol–water partition coefficient (Wildman–Crippen LogP) is 2.17. The molecule has 1 aromatic heterocycles. The summed E-state index contributed by atoms with van der Waals surface area (Å²) in [5, 5.41) is 11.6. The van der Waals surface area contributed by atoms with Gasteiger partial charge in [0, 0.05) is 24.8 Å². The molecule has 1 fully saturated rings. The smallest absolute Gasteiger partial charge is 0.0728 e. The fraction of sp³-hybridized carbons (Fsp3) is 0.812. The second kappa shape index (κ2) is 8.39. The average molecular weight is 293 g/mol.